The van der Waals surface area contributed by atoms with Crippen LogP contribution in [0, 0.1) is 11.6 Å². The summed E-state index contributed by atoms with van der Waals surface area (Å²) in [5.74, 6) is -1.94. The lowest BCUT2D eigenvalue weighted by molar-refractivity contribution is -0.126. The summed E-state index contributed by atoms with van der Waals surface area (Å²) in [4.78, 5) is 31.7. The van der Waals surface area contributed by atoms with Crippen LogP contribution in [0.2, 0.25) is 5.15 Å². The Morgan fingerprint density at radius 2 is 1.97 bits per heavy atom. The van der Waals surface area contributed by atoms with Gasteiger partial charge < -0.3 is 15.5 Å². The molecule has 3 aromatic rings. The van der Waals surface area contributed by atoms with Gasteiger partial charge in [-0.1, -0.05) is 48.0 Å². The molecule has 1 aromatic heterocycles. The van der Waals surface area contributed by atoms with E-state index >= 15 is 0 Å². The number of carbonyl (C=O) groups is 2. The summed E-state index contributed by atoms with van der Waals surface area (Å²) < 4.78 is 27.5. The number of rotatable bonds is 6. The van der Waals surface area contributed by atoms with Crippen LogP contribution in [-0.4, -0.2) is 27.9 Å². The van der Waals surface area contributed by atoms with Gasteiger partial charge in [-0.05, 0) is 24.6 Å². The third kappa shape index (κ3) is 4.96. The van der Waals surface area contributed by atoms with Crippen molar-refractivity contribution in [3.8, 4) is 0 Å². The third-order valence-electron chi connectivity index (χ3n) is 5.57. The molecule has 2 aromatic carbocycles. The molecule has 0 spiro atoms. The summed E-state index contributed by atoms with van der Waals surface area (Å²) in [6.45, 7) is 1.68. The fourth-order valence-electron chi connectivity index (χ4n) is 3.84. The molecule has 3 amide bonds. The summed E-state index contributed by atoms with van der Waals surface area (Å²) in [5.41, 5.74) is 2.12. The number of benzene rings is 2. The minimum atomic E-state index is -0.914. The molecule has 170 valence electrons. The molecule has 0 saturated carbocycles. The Balaban J connectivity index is 1.62. The number of aromatic nitrogens is 1. The van der Waals surface area contributed by atoms with Crippen molar-refractivity contribution in [2.45, 2.75) is 32.0 Å². The second kappa shape index (κ2) is 9.54. The van der Waals surface area contributed by atoms with Gasteiger partial charge in [0.25, 0.3) is 0 Å². The number of halogens is 3. The minimum Gasteiger partial charge on any atom is -0.348 e. The molecule has 0 fully saturated rings. The van der Waals surface area contributed by atoms with Gasteiger partial charge in [-0.2, -0.15) is 0 Å². The van der Waals surface area contributed by atoms with E-state index in [9.17, 15) is 18.4 Å². The zero-order chi connectivity index (χ0) is 23.5. The number of hydrogen-bond acceptors (Lipinski definition) is 3. The number of anilines is 1. The lowest BCUT2D eigenvalue weighted by atomic mass is 10.0. The van der Waals surface area contributed by atoms with Crippen molar-refractivity contribution < 1.29 is 18.4 Å². The lowest BCUT2D eigenvalue weighted by Crippen LogP contribution is -2.53. The maximum Gasteiger partial charge on any atom is 0.322 e. The normalized spacial score (nSPS) is 14.8. The highest BCUT2D eigenvalue weighted by Gasteiger charge is 2.35. The van der Waals surface area contributed by atoms with Crippen molar-refractivity contribution >= 4 is 29.2 Å². The Morgan fingerprint density at radius 1 is 1.21 bits per heavy atom. The second-order valence-corrected chi connectivity index (χ2v) is 8.15. The van der Waals surface area contributed by atoms with Crippen molar-refractivity contribution in [1.82, 2.24) is 15.2 Å². The molecular weight excluding hydrogens is 450 g/mol. The Kier molecular flexibility index (Phi) is 6.55. The van der Waals surface area contributed by atoms with E-state index in [-0.39, 0.29) is 23.7 Å². The first-order valence-corrected chi connectivity index (χ1v) is 10.7. The summed E-state index contributed by atoms with van der Waals surface area (Å²) in [7, 11) is 0. The van der Waals surface area contributed by atoms with E-state index in [1.165, 1.54) is 17.2 Å². The first-order chi connectivity index (χ1) is 15.8. The number of pyridine rings is 1. The van der Waals surface area contributed by atoms with E-state index in [1.54, 1.807) is 13.0 Å². The fourth-order valence-corrected chi connectivity index (χ4v) is 4.05. The number of urea groups is 1. The van der Waals surface area contributed by atoms with Gasteiger partial charge in [0.15, 0.2) is 0 Å². The number of carbonyl (C=O) groups excluding carboxylic acids is 2. The third-order valence-corrected chi connectivity index (χ3v) is 5.90. The molecule has 33 heavy (non-hydrogen) atoms. The van der Waals surface area contributed by atoms with Gasteiger partial charge in [0.05, 0.1) is 18.3 Å². The molecule has 0 bridgehead atoms. The fraction of sp³-hybridized carbons (Fsp3) is 0.208. The van der Waals surface area contributed by atoms with Crippen molar-refractivity contribution in [2.24, 2.45) is 0 Å². The van der Waals surface area contributed by atoms with Crippen molar-refractivity contribution in [2.75, 3.05) is 5.32 Å². The van der Waals surface area contributed by atoms with Crippen molar-refractivity contribution in [3.63, 3.8) is 0 Å². The second-order valence-electron chi connectivity index (χ2n) is 7.79. The minimum absolute atomic E-state index is 0.0814. The standard InChI is InChI=1S/C24H21ClF2N4O2/c1-14(17-8-7-16(26)12-19(17)27)29-23(32)21(11-15-5-3-2-4-6-15)31-13-18-20(30-24(31)33)9-10-28-22(18)25/h2-10,12,14,21H,11,13H2,1H3,(H,29,32)(H,30,33)/t14-,21?/m0/s1. The van der Waals surface area contributed by atoms with Gasteiger partial charge >= 0.3 is 6.03 Å². The number of amides is 3. The number of fused-ring (bicyclic) bond motifs is 1. The lowest BCUT2D eigenvalue weighted by Gasteiger charge is -2.35. The first-order valence-electron chi connectivity index (χ1n) is 10.3. The maximum absolute atomic E-state index is 14.2. The molecule has 9 heteroatoms. The largest absolute Gasteiger partial charge is 0.348 e. The molecular formula is C24H21ClF2N4O2. The Hall–Kier alpha value is -3.52. The smallest absolute Gasteiger partial charge is 0.322 e. The number of nitrogens with one attached hydrogen (secondary N) is 2. The molecule has 2 heterocycles. The topological polar surface area (TPSA) is 74.3 Å². The average Bonchev–Trinajstić information content (AvgIpc) is 2.78. The van der Waals surface area contributed by atoms with Crippen LogP contribution in [0.4, 0.5) is 19.3 Å². The van der Waals surface area contributed by atoms with Crippen LogP contribution >= 0.6 is 11.6 Å². The molecule has 4 rings (SSSR count). The summed E-state index contributed by atoms with van der Waals surface area (Å²) >= 11 is 6.23. The quantitative estimate of drug-likeness (QED) is 0.506. The molecule has 0 saturated heterocycles. The van der Waals surface area contributed by atoms with E-state index in [0.717, 1.165) is 17.7 Å². The van der Waals surface area contributed by atoms with Gasteiger partial charge in [0.1, 0.15) is 22.8 Å². The predicted molar refractivity (Wildman–Crippen MR) is 121 cm³/mol. The van der Waals surface area contributed by atoms with Crippen LogP contribution in [0.1, 0.15) is 29.7 Å². The highest BCUT2D eigenvalue weighted by Crippen LogP contribution is 2.30. The van der Waals surface area contributed by atoms with Crippen LogP contribution in [0.15, 0.2) is 60.8 Å². The van der Waals surface area contributed by atoms with Gasteiger partial charge in [-0.15, -0.1) is 0 Å². The van der Waals surface area contributed by atoms with Gasteiger partial charge in [0.2, 0.25) is 5.91 Å². The van der Waals surface area contributed by atoms with E-state index in [0.29, 0.717) is 11.3 Å². The molecule has 0 radical (unpaired) electrons. The molecule has 6 nitrogen and oxygen atoms in total. The molecule has 1 aliphatic heterocycles. The summed E-state index contributed by atoms with van der Waals surface area (Å²) in [6.07, 6.45) is 1.72. The predicted octanol–water partition coefficient (Wildman–Crippen LogP) is 4.85. The molecule has 2 atom stereocenters. The zero-order valence-electron chi connectivity index (χ0n) is 17.7. The summed E-state index contributed by atoms with van der Waals surface area (Å²) in [6, 6.07) is 12.0. The maximum atomic E-state index is 14.2. The number of hydrogen-bond donors (Lipinski definition) is 2. The first kappa shape index (κ1) is 22.7. The molecule has 1 unspecified atom stereocenters. The van der Waals surface area contributed by atoms with Gasteiger partial charge in [-0.25, -0.2) is 18.6 Å². The molecule has 0 aliphatic carbocycles. The van der Waals surface area contributed by atoms with E-state index in [1.807, 2.05) is 30.3 Å². The van der Waals surface area contributed by atoms with Gasteiger partial charge in [-0.3, -0.25) is 4.79 Å². The van der Waals surface area contributed by atoms with E-state index in [4.69, 9.17) is 11.6 Å². The van der Waals surface area contributed by atoms with Crippen LogP contribution < -0.4 is 10.6 Å². The Morgan fingerprint density at radius 3 is 2.70 bits per heavy atom. The number of nitrogens with zero attached hydrogens (tertiary/aromatic N) is 2. The summed E-state index contributed by atoms with van der Waals surface area (Å²) in [5, 5.41) is 5.75. The van der Waals surface area contributed by atoms with Crippen LogP contribution in [0.3, 0.4) is 0 Å². The van der Waals surface area contributed by atoms with E-state index < -0.39 is 35.7 Å². The Labute approximate surface area is 194 Å². The highest BCUT2D eigenvalue weighted by atomic mass is 35.5. The van der Waals surface area contributed by atoms with Crippen LogP contribution in [0.25, 0.3) is 0 Å². The van der Waals surface area contributed by atoms with Gasteiger partial charge in [0, 0.05) is 29.8 Å². The highest BCUT2D eigenvalue weighted by molar-refractivity contribution is 6.30. The molecule has 2 N–H and O–H groups in total. The zero-order valence-corrected chi connectivity index (χ0v) is 18.4. The average molecular weight is 471 g/mol. The Bertz CT molecular complexity index is 1190. The van der Waals surface area contributed by atoms with E-state index in [2.05, 4.69) is 15.6 Å². The van der Waals surface area contributed by atoms with Crippen molar-refractivity contribution in [3.05, 3.63) is 94.3 Å². The molecule has 1 aliphatic rings. The monoisotopic (exact) mass is 470 g/mol. The van der Waals surface area contributed by atoms with Crippen molar-refractivity contribution in [1.29, 1.82) is 0 Å². The van der Waals surface area contributed by atoms with Crippen LogP contribution in [-0.2, 0) is 17.8 Å². The van der Waals surface area contributed by atoms with Crippen LogP contribution in [0.5, 0.6) is 0 Å². The SMILES string of the molecule is C[C@H](NC(=O)C(Cc1ccccc1)N1Cc2c(ccnc2Cl)NC1=O)c1ccc(F)cc1F.